The van der Waals surface area contributed by atoms with E-state index in [1.54, 1.807) is 26.1 Å². The summed E-state index contributed by atoms with van der Waals surface area (Å²) in [7, 11) is 5.13. The van der Waals surface area contributed by atoms with Crippen molar-refractivity contribution >= 4 is 28.9 Å². The molecule has 2 heterocycles. The number of thiocarbonyl (C=S) groups is 1. The molecule has 4 rings (SSSR count). The summed E-state index contributed by atoms with van der Waals surface area (Å²) < 4.78 is 12.1. The van der Waals surface area contributed by atoms with Crippen LogP contribution in [0.3, 0.4) is 0 Å². The standard InChI is InChI=1S/C21H23N3O3S/c1-21-16(19(25)23(2)3)17(14-11-8-12-15(26-4)18(14)27-21)22-20(28)24(21)13-9-6-5-7-10-13/h5-12,16-17H,1-4H3,(H,22,28). The van der Waals surface area contributed by atoms with Crippen LogP contribution in [0, 0.1) is 5.92 Å². The molecular formula is C21H23N3O3S. The van der Waals surface area contributed by atoms with Crippen LogP contribution in [0.15, 0.2) is 48.5 Å². The number of hydrogen-bond acceptors (Lipinski definition) is 4. The molecule has 3 atom stereocenters. The second-order valence-electron chi connectivity index (χ2n) is 7.34. The minimum absolute atomic E-state index is 0.0306. The third-order valence-corrected chi connectivity index (χ3v) is 5.73. The summed E-state index contributed by atoms with van der Waals surface area (Å²) in [5.41, 5.74) is 0.708. The molecule has 0 radical (unpaired) electrons. The largest absolute Gasteiger partial charge is 0.493 e. The number of methoxy groups -OCH3 is 1. The third-order valence-electron chi connectivity index (χ3n) is 5.43. The number of benzene rings is 2. The summed E-state index contributed by atoms with van der Waals surface area (Å²) in [6.07, 6.45) is 0. The number of rotatable bonds is 3. The van der Waals surface area contributed by atoms with Crippen molar-refractivity contribution in [3.05, 3.63) is 54.1 Å². The Morgan fingerprint density at radius 1 is 1.21 bits per heavy atom. The number of nitrogens with zero attached hydrogens (tertiary/aromatic N) is 2. The van der Waals surface area contributed by atoms with Gasteiger partial charge in [-0.3, -0.25) is 9.69 Å². The van der Waals surface area contributed by atoms with Crippen molar-refractivity contribution < 1.29 is 14.3 Å². The zero-order chi connectivity index (χ0) is 20.1. The van der Waals surface area contributed by atoms with Crippen LogP contribution in [0.4, 0.5) is 5.69 Å². The number of hydrogen-bond donors (Lipinski definition) is 1. The van der Waals surface area contributed by atoms with Gasteiger partial charge in [-0.05, 0) is 37.3 Å². The third kappa shape index (κ3) is 2.61. The van der Waals surface area contributed by atoms with E-state index in [9.17, 15) is 4.79 Å². The second kappa shape index (κ2) is 6.67. The van der Waals surface area contributed by atoms with Gasteiger partial charge in [0.15, 0.2) is 22.3 Å². The minimum atomic E-state index is -1.02. The molecule has 0 aromatic heterocycles. The lowest BCUT2D eigenvalue weighted by Crippen LogP contribution is -2.72. The highest BCUT2D eigenvalue weighted by Gasteiger charge is 2.59. The van der Waals surface area contributed by atoms with Gasteiger partial charge in [0.05, 0.1) is 13.2 Å². The summed E-state index contributed by atoms with van der Waals surface area (Å²) in [6.45, 7) is 1.92. The molecule has 2 bridgehead atoms. The predicted octanol–water partition coefficient (Wildman–Crippen LogP) is 2.94. The van der Waals surface area contributed by atoms with Crippen molar-refractivity contribution in [3.8, 4) is 11.5 Å². The quantitative estimate of drug-likeness (QED) is 0.804. The summed E-state index contributed by atoms with van der Waals surface area (Å²) >= 11 is 5.71. The topological polar surface area (TPSA) is 54.0 Å². The Morgan fingerprint density at radius 3 is 2.57 bits per heavy atom. The molecule has 2 aliphatic rings. The summed E-state index contributed by atoms with van der Waals surface area (Å²) in [6, 6.07) is 15.1. The van der Waals surface area contributed by atoms with Gasteiger partial charge in [0.2, 0.25) is 5.91 Å². The van der Waals surface area contributed by atoms with E-state index in [2.05, 4.69) is 5.32 Å². The Labute approximate surface area is 170 Å². The molecule has 2 aliphatic heterocycles. The SMILES string of the molecule is COc1cccc2c1OC1(C)C(C(=O)N(C)C)C2NC(=S)N1c1ccccc1. The highest BCUT2D eigenvalue weighted by Crippen LogP contribution is 2.52. The maximum absolute atomic E-state index is 13.3. The van der Waals surface area contributed by atoms with Gasteiger partial charge in [0.25, 0.3) is 0 Å². The number of fused-ring (bicyclic) bond motifs is 4. The molecule has 146 valence electrons. The zero-order valence-electron chi connectivity index (χ0n) is 16.3. The lowest BCUT2D eigenvalue weighted by molar-refractivity contribution is -0.144. The molecule has 0 spiro atoms. The first-order valence-electron chi connectivity index (χ1n) is 9.11. The molecule has 3 unspecified atom stereocenters. The van der Waals surface area contributed by atoms with Crippen LogP contribution in [0.2, 0.25) is 0 Å². The van der Waals surface area contributed by atoms with Gasteiger partial charge < -0.3 is 19.7 Å². The van der Waals surface area contributed by atoms with Gasteiger partial charge in [0, 0.05) is 25.3 Å². The molecule has 7 heteroatoms. The van der Waals surface area contributed by atoms with Crippen molar-refractivity contribution in [2.45, 2.75) is 18.7 Å². The van der Waals surface area contributed by atoms with E-state index in [0.29, 0.717) is 16.6 Å². The first-order chi connectivity index (χ1) is 13.4. The van der Waals surface area contributed by atoms with E-state index in [0.717, 1.165) is 11.3 Å². The Balaban J connectivity index is 1.95. The van der Waals surface area contributed by atoms with Crippen LogP contribution in [0.1, 0.15) is 18.5 Å². The van der Waals surface area contributed by atoms with Crippen LogP contribution in [0.25, 0.3) is 0 Å². The Morgan fingerprint density at radius 2 is 1.93 bits per heavy atom. The average molecular weight is 398 g/mol. The monoisotopic (exact) mass is 397 g/mol. The number of carbonyl (C=O) groups is 1. The van der Waals surface area contributed by atoms with Gasteiger partial charge in [-0.1, -0.05) is 30.3 Å². The molecule has 1 saturated heterocycles. The smallest absolute Gasteiger partial charge is 0.233 e. The van der Waals surface area contributed by atoms with E-state index in [4.69, 9.17) is 21.7 Å². The zero-order valence-corrected chi connectivity index (χ0v) is 17.1. The van der Waals surface area contributed by atoms with Crippen LogP contribution >= 0.6 is 12.2 Å². The number of ether oxygens (including phenoxy) is 2. The first-order valence-corrected chi connectivity index (χ1v) is 9.52. The second-order valence-corrected chi connectivity index (χ2v) is 7.73. The van der Waals surface area contributed by atoms with Crippen molar-refractivity contribution in [1.29, 1.82) is 0 Å². The van der Waals surface area contributed by atoms with Crippen LogP contribution in [-0.4, -0.2) is 42.8 Å². The van der Waals surface area contributed by atoms with Gasteiger partial charge in [-0.2, -0.15) is 0 Å². The van der Waals surface area contributed by atoms with Crippen LogP contribution in [-0.2, 0) is 4.79 Å². The van der Waals surface area contributed by atoms with Gasteiger partial charge in [0.1, 0.15) is 5.92 Å². The van der Waals surface area contributed by atoms with Crippen molar-refractivity contribution in [2.75, 3.05) is 26.1 Å². The Bertz CT molecular complexity index is 934. The minimum Gasteiger partial charge on any atom is -0.493 e. The highest BCUT2D eigenvalue weighted by atomic mass is 32.1. The molecule has 1 N–H and O–H groups in total. The van der Waals surface area contributed by atoms with E-state index in [1.807, 2.05) is 60.4 Å². The fourth-order valence-corrected chi connectivity index (χ4v) is 4.57. The van der Waals surface area contributed by atoms with E-state index in [1.165, 1.54) is 0 Å². The summed E-state index contributed by atoms with van der Waals surface area (Å²) in [4.78, 5) is 16.8. The van der Waals surface area contributed by atoms with Crippen molar-refractivity contribution in [2.24, 2.45) is 5.92 Å². The summed E-state index contributed by atoms with van der Waals surface area (Å²) in [5.74, 6) is 0.731. The molecule has 0 aliphatic carbocycles. The Kier molecular flexibility index (Phi) is 4.42. The molecule has 2 aromatic carbocycles. The average Bonchev–Trinajstić information content (AvgIpc) is 2.67. The van der Waals surface area contributed by atoms with Crippen LogP contribution < -0.4 is 19.7 Å². The normalized spacial score (nSPS) is 25.3. The van der Waals surface area contributed by atoms with E-state index in [-0.39, 0.29) is 11.9 Å². The molecule has 28 heavy (non-hydrogen) atoms. The van der Waals surface area contributed by atoms with Gasteiger partial charge in [-0.25, -0.2) is 0 Å². The van der Waals surface area contributed by atoms with Crippen LogP contribution in [0.5, 0.6) is 11.5 Å². The highest BCUT2D eigenvalue weighted by molar-refractivity contribution is 7.80. The number of nitrogens with one attached hydrogen (secondary N) is 1. The molecule has 0 saturated carbocycles. The van der Waals surface area contributed by atoms with Gasteiger partial charge in [-0.15, -0.1) is 0 Å². The number of carbonyl (C=O) groups excluding carboxylic acids is 1. The molecular weight excluding hydrogens is 374 g/mol. The van der Waals surface area contributed by atoms with Crippen molar-refractivity contribution in [3.63, 3.8) is 0 Å². The summed E-state index contributed by atoms with van der Waals surface area (Å²) in [5, 5.41) is 3.91. The van der Waals surface area contributed by atoms with E-state index < -0.39 is 11.6 Å². The van der Waals surface area contributed by atoms with Gasteiger partial charge >= 0.3 is 0 Å². The fourth-order valence-electron chi connectivity index (χ4n) is 4.15. The number of para-hydroxylation sites is 2. The molecule has 2 aromatic rings. The fraction of sp³-hybridized carbons (Fsp3) is 0.333. The lowest BCUT2D eigenvalue weighted by Gasteiger charge is -2.56. The number of anilines is 1. The maximum Gasteiger partial charge on any atom is 0.233 e. The van der Waals surface area contributed by atoms with Crippen molar-refractivity contribution in [1.82, 2.24) is 10.2 Å². The Hall–Kier alpha value is -2.80. The lowest BCUT2D eigenvalue weighted by atomic mass is 9.78. The molecule has 1 fully saturated rings. The number of amides is 1. The molecule has 1 amide bonds. The first kappa shape index (κ1) is 18.6. The molecule has 6 nitrogen and oxygen atoms in total. The maximum atomic E-state index is 13.3. The van der Waals surface area contributed by atoms with E-state index >= 15 is 0 Å². The predicted molar refractivity (Wildman–Crippen MR) is 112 cm³/mol.